The number of aromatic hydroxyl groups is 1. The van der Waals surface area contributed by atoms with Crippen LogP contribution >= 0.6 is 15.9 Å². The normalized spacial score (nSPS) is 19.5. The molecule has 0 bridgehead atoms. The van der Waals surface area contributed by atoms with Gasteiger partial charge in [0.25, 0.3) is 0 Å². The van der Waals surface area contributed by atoms with Gasteiger partial charge in [-0.3, -0.25) is 0 Å². The molecule has 0 radical (unpaired) electrons. The Morgan fingerprint density at radius 1 is 1.28 bits per heavy atom. The number of fused-ring (bicyclic) bond motifs is 1. The minimum atomic E-state index is 0.415. The molecule has 0 aliphatic carbocycles. The van der Waals surface area contributed by atoms with Gasteiger partial charge >= 0.3 is 0 Å². The molecule has 2 aromatic carbocycles. The number of rotatable bonds is 2. The Labute approximate surface area is 115 Å². The Morgan fingerprint density at radius 3 is 2.94 bits per heavy atom. The molecule has 1 aliphatic rings. The molecule has 2 nitrogen and oxygen atoms in total. The lowest BCUT2D eigenvalue weighted by molar-refractivity contribution is 0.463. The van der Waals surface area contributed by atoms with Crippen molar-refractivity contribution in [1.82, 2.24) is 5.32 Å². The molecule has 1 atom stereocenters. The van der Waals surface area contributed by atoms with Gasteiger partial charge in [0.2, 0.25) is 0 Å². The van der Waals surface area contributed by atoms with E-state index in [0.29, 0.717) is 11.8 Å². The number of phenolic OH excluding ortho intramolecular Hbond substituents is 1. The maximum Gasteiger partial charge on any atom is 0.119 e. The molecule has 1 aliphatic heterocycles. The third kappa shape index (κ3) is 2.25. The van der Waals surface area contributed by atoms with Crippen molar-refractivity contribution in [3.05, 3.63) is 40.4 Å². The van der Waals surface area contributed by atoms with E-state index in [0.717, 1.165) is 28.4 Å². The van der Waals surface area contributed by atoms with E-state index in [-0.39, 0.29) is 0 Å². The second-order valence-corrected chi connectivity index (χ2v) is 5.84. The molecule has 18 heavy (non-hydrogen) atoms. The molecule has 0 saturated carbocycles. The molecular weight excluding hydrogens is 290 g/mol. The van der Waals surface area contributed by atoms with Crippen molar-refractivity contribution in [2.45, 2.75) is 25.3 Å². The highest BCUT2D eigenvalue weighted by Crippen LogP contribution is 2.31. The van der Waals surface area contributed by atoms with Gasteiger partial charge in [0, 0.05) is 16.1 Å². The van der Waals surface area contributed by atoms with E-state index >= 15 is 0 Å². The molecule has 2 aromatic rings. The first-order chi connectivity index (χ1) is 8.74. The summed E-state index contributed by atoms with van der Waals surface area (Å²) < 4.78 is 1.07. The zero-order valence-corrected chi connectivity index (χ0v) is 11.7. The summed E-state index contributed by atoms with van der Waals surface area (Å²) in [7, 11) is 0. The van der Waals surface area contributed by atoms with Crippen molar-refractivity contribution in [2.24, 2.45) is 0 Å². The highest BCUT2D eigenvalue weighted by Gasteiger charge is 2.17. The van der Waals surface area contributed by atoms with Gasteiger partial charge < -0.3 is 10.4 Å². The molecule has 3 rings (SSSR count). The van der Waals surface area contributed by atoms with Crippen LogP contribution in [0.4, 0.5) is 0 Å². The van der Waals surface area contributed by atoms with Crippen molar-refractivity contribution in [1.29, 1.82) is 0 Å². The largest absolute Gasteiger partial charge is 0.508 e. The maximum absolute atomic E-state index is 10.1. The molecule has 0 amide bonds. The lowest BCUT2D eigenvalue weighted by Gasteiger charge is -2.14. The minimum Gasteiger partial charge on any atom is -0.508 e. The molecule has 94 valence electrons. The summed E-state index contributed by atoms with van der Waals surface area (Å²) in [6, 6.07) is 10.5. The zero-order chi connectivity index (χ0) is 12.5. The van der Waals surface area contributed by atoms with Crippen LogP contribution in [0.2, 0.25) is 0 Å². The second kappa shape index (κ2) is 4.90. The molecule has 1 heterocycles. The van der Waals surface area contributed by atoms with Crippen LogP contribution in [-0.2, 0) is 6.42 Å². The van der Waals surface area contributed by atoms with E-state index in [1.165, 1.54) is 18.2 Å². The fourth-order valence-corrected chi connectivity index (χ4v) is 3.12. The minimum absolute atomic E-state index is 0.415. The van der Waals surface area contributed by atoms with Crippen molar-refractivity contribution >= 4 is 26.7 Å². The van der Waals surface area contributed by atoms with Gasteiger partial charge in [-0.1, -0.05) is 28.1 Å². The predicted molar refractivity (Wildman–Crippen MR) is 78.0 cm³/mol. The molecule has 0 aromatic heterocycles. The first-order valence-corrected chi connectivity index (χ1v) is 7.17. The lowest BCUT2D eigenvalue weighted by Crippen LogP contribution is -2.23. The van der Waals surface area contributed by atoms with Crippen LogP contribution < -0.4 is 5.32 Å². The van der Waals surface area contributed by atoms with E-state index in [9.17, 15) is 5.11 Å². The van der Waals surface area contributed by atoms with E-state index in [4.69, 9.17) is 0 Å². The van der Waals surface area contributed by atoms with Crippen LogP contribution in [0.15, 0.2) is 34.8 Å². The van der Waals surface area contributed by atoms with Crippen molar-refractivity contribution in [3.8, 4) is 5.75 Å². The molecule has 3 heteroatoms. The lowest BCUT2D eigenvalue weighted by atomic mass is 9.97. The summed E-state index contributed by atoms with van der Waals surface area (Å²) in [5, 5.41) is 15.9. The van der Waals surface area contributed by atoms with Gasteiger partial charge in [0.05, 0.1) is 0 Å². The van der Waals surface area contributed by atoms with E-state index in [1.54, 1.807) is 6.07 Å². The van der Waals surface area contributed by atoms with Crippen LogP contribution in [0, 0.1) is 0 Å². The Balaban J connectivity index is 2.05. The SMILES string of the molecule is Oc1ccc2cc(Br)ccc2c1CC1CCCN1. The number of hydrogen-bond donors (Lipinski definition) is 2. The molecule has 0 spiro atoms. The van der Waals surface area contributed by atoms with Gasteiger partial charge in [-0.25, -0.2) is 0 Å². The topological polar surface area (TPSA) is 32.3 Å². The third-order valence-corrected chi connectivity index (χ3v) is 4.17. The summed E-state index contributed by atoms with van der Waals surface area (Å²) >= 11 is 3.49. The van der Waals surface area contributed by atoms with Crippen molar-refractivity contribution in [2.75, 3.05) is 6.54 Å². The fourth-order valence-electron chi connectivity index (χ4n) is 2.75. The van der Waals surface area contributed by atoms with Crippen LogP contribution in [0.1, 0.15) is 18.4 Å². The van der Waals surface area contributed by atoms with Crippen LogP contribution in [-0.4, -0.2) is 17.7 Å². The first-order valence-electron chi connectivity index (χ1n) is 6.37. The molecular formula is C15H16BrNO. The zero-order valence-electron chi connectivity index (χ0n) is 10.1. The van der Waals surface area contributed by atoms with Gasteiger partial charge in [-0.05, 0) is 54.8 Å². The van der Waals surface area contributed by atoms with Crippen LogP contribution in [0.25, 0.3) is 10.8 Å². The second-order valence-electron chi connectivity index (χ2n) is 4.93. The first kappa shape index (κ1) is 12.0. The average molecular weight is 306 g/mol. The van der Waals surface area contributed by atoms with Gasteiger partial charge in [-0.2, -0.15) is 0 Å². The molecule has 1 saturated heterocycles. The predicted octanol–water partition coefficient (Wildman–Crippen LogP) is 3.60. The summed E-state index contributed by atoms with van der Waals surface area (Å²) in [5.41, 5.74) is 1.07. The quantitative estimate of drug-likeness (QED) is 0.888. The number of benzene rings is 2. The fraction of sp³-hybridized carbons (Fsp3) is 0.333. The number of hydrogen-bond acceptors (Lipinski definition) is 2. The highest BCUT2D eigenvalue weighted by molar-refractivity contribution is 9.10. The smallest absolute Gasteiger partial charge is 0.119 e. The Kier molecular flexibility index (Phi) is 3.27. The molecule has 1 unspecified atom stereocenters. The van der Waals surface area contributed by atoms with E-state index in [2.05, 4.69) is 33.4 Å². The van der Waals surface area contributed by atoms with Gasteiger partial charge in [0.1, 0.15) is 5.75 Å². The third-order valence-electron chi connectivity index (χ3n) is 3.68. The Bertz CT molecular complexity index is 576. The van der Waals surface area contributed by atoms with Crippen LogP contribution in [0.3, 0.4) is 0 Å². The highest BCUT2D eigenvalue weighted by atomic mass is 79.9. The number of halogens is 1. The monoisotopic (exact) mass is 305 g/mol. The maximum atomic E-state index is 10.1. The van der Waals surface area contributed by atoms with E-state index in [1.807, 2.05) is 12.1 Å². The summed E-state index contributed by atoms with van der Waals surface area (Å²) in [4.78, 5) is 0. The Hall–Kier alpha value is -1.06. The number of nitrogens with one attached hydrogen (secondary N) is 1. The Morgan fingerprint density at radius 2 is 2.17 bits per heavy atom. The molecule has 2 N–H and O–H groups in total. The van der Waals surface area contributed by atoms with Crippen LogP contribution in [0.5, 0.6) is 5.75 Å². The standard InChI is InChI=1S/C15H16BrNO/c16-11-4-5-13-10(8-11)3-6-15(18)14(13)9-12-2-1-7-17-12/h3-6,8,12,17-18H,1-2,7,9H2. The average Bonchev–Trinajstić information content (AvgIpc) is 2.86. The summed E-state index contributed by atoms with van der Waals surface area (Å²) in [6.07, 6.45) is 3.35. The van der Waals surface area contributed by atoms with Crippen molar-refractivity contribution in [3.63, 3.8) is 0 Å². The summed E-state index contributed by atoms with van der Waals surface area (Å²) in [5.74, 6) is 0.415. The van der Waals surface area contributed by atoms with Crippen molar-refractivity contribution < 1.29 is 5.11 Å². The summed E-state index contributed by atoms with van der Waals surface area (Å²) in [6.45, 7) is 1.10. The van der Waals surface area contributed by atoms with E-state index < -0.39 is 0 Å². The van der Waals surface area contributed by atoms with Gasteiger partial charge in [-0.15, -0.1) is 0 Å². The van der Waals surface area contributed by atoms with Gasteiger partial charge in [0.15, 0.2) is 0 Å². The molecule has 1 fully saturated rings. The number of phenols is 1.